The molecule has 0 spiro atoms. The number of amides is 1. The second-order valence-corrected chi connectivity index (χ2v) is 3.62. The lowest BCUT2D eigenvalue weighted by atomic mass is 9.84. The van der Waals surface area contributed by atoms with Crippen molar-refractivity contribution in [2.45, 2.75) is 26.7 Å². The maximum Gasteiger partial charge on any atom is 0.433 e. The predicted molar refractivity (Wildman–Crippen MR) is 53.0 cm³/mol. The molecule has 0 fully saturated rings. The fourth-order valence-electron chi connectivity index (χ4n) is 0.883. The van der Waals surface area contributed by atoms with Gasteiger partial charge in [0.1, 0.15) is 5.71 Å². The van der Waals surface area contributed by atoms with Gasteiger partial charge in [0.05, 0.1) is 6.07 Å². The molecule has 0 aliphatic carbocycles. The average Bonchev–Trinajstić information content (AvgIpc) is 2.16. The summed E-state index contributed by atoms with van der Waals surface area (Å²) in [6.07, 6.45) is -3.97. The summed E-state index contributed by atoms with van der Waals surface area (Å²) >= 11 is 0. The number of nitriles is 1. The Morgan fingerprint density at radius 3 is 2.56 bits per heavy atom. The van der Waals surface area contributed by atoms with Gasteiger partial charge in [0.15, 0.2) is 0 Å². The summed E-state index contributed by atoms with van der Waals surface area (Å²) < 4.78 is 25.2. The molecule has 0 saturated heterocycles. The number of halogens is 2. The topological polar surface area (TPSA) is 74.5 Å². The zero-order valence-electron chi connectivity index (χ0n) is 9.25. The van der Waals surface area contributed by atoms with E-state index in [1.54, 1.807) is 6.07 Å². The van der Waals surface area contributed by atoms with Crippen molar-refractivity contribution in [2.24, 2.45) is 10.6 Å². The van der Waals surface area contributed by atoms with Gasteiger partial charge >= 0.3 is 6.09 Å². The van der Waals surface area contributed by atoms with Crippen LogP contribution in [0.2, 0.25) is 0 Å². The largest absolute Gasteiger partial charge is 0.433 e. The fraction of sp³-hybridized carbons (Fsp3) is 0.667. The lowest BCUT2D eigenvalue weighted by Gasteiger charge is -2.21. The number of hydrogen-bond donors (Lipinski definition) is 1. The summed E-state index contributed by atoms with van der Waals surface area (Å²) in [6, 6.07) is 1.77. The summed E-state index contributed by atoms with van der Waals surface area (Å²) in [6.45, 7) is 2.85. The number of rotatable bonds is 4. The highest BCUT2D eigenvalue weighted by atomic mass is 19.3. The Hall–Kier alpha value is -1.71. The Balaban J connectivity index is 4.87. The number of alkyl halides is 2. The molecule has 0 bridgehead atoms. The molecule has 7 heteroatoms. The van der Waals surface area contributed by atoms with Gasteiger partial charge in [-0.25, -0.2) is 13.6 Å². The van der Waals surface area contributed by atoms with Crippen LogP contribution < -0.4 is 5.32 Å². The van der Waals surface area contributed by atoms with Crippen LogP contribution in [0.15, 0.2) is 5.16 Å². The maximum atomic E-state index is 12.6. The highest BCUT2D eigenvalue weighted by Gasteiger charge is 2.33. The standard InChI is InChI=1S/C9H13F2N3O2/c1-9(2,4-5-12)6(7(10)11)14-16-8(15)13-3/h7H,4H2,1-3H3,(H,13,15). The minimum Gasteiger partial charge on any atom is -0.323 e. The van der Waals surface area contributed by atoms with E-state index in [9.17, 15) is 13.6 Å². The van der Waals surface area contributed by atoms with E-state index in [2.05, 4.69) is 15.3 Å². The Bertz CT molecular complexity index is 321. The van der Waals surface area contributed by atoms with Crippen LogP contribution in [0.5, 0.6) is 0 Å². The molecule has 16 heavy (non-hydrogen) atoms. The van der Waals surface area contributed by atoms with Gasteiger partial charge in [-0.3, -0.25) is 4.84 Å². The van der Waals surface area contributed by atoms with Crippen molar-refractivity contribution in [3.05, 3.63) is 0 Å². The number of nitrogens with one attached hydrogen (secondary N) is 1. The van der Waals surface area contributed by atoms with Crippen molar-refractivity contribution < 1.29 is 18.4 Å². The summed E-state index contributed by atoms with van der Waals surface area (Å²) in [7, 11) is 1.28. The summed E-state index contributed by atoms with van der Waals surface area (Å²) in [4.78, 5) is 14.9. The maximum absolute atomic E-state index is 12.6. The van der Waals surface area contributed by atoms with E-state index in [0.29, 0.717) is 0 Å². The Morgan fingerprint density at radius 1 is 1.62 bits per heavy atom. The number of nitrogens with zero attached hydrogens (tertiary/aromatic N) is 2. The molecule has 0 aromatic rings. The zero-order chi connectivity index (χ0) is 12.8. The first-order chi connectivity index (χ1) is 7.35. The molecular weight excluding hydrogens is 220 g/mol. The Morgan fingerprint density at radius 2 is 2.19 bits per heavy atom. The number of carbonyl (C=O) groups is 1. The van der Waals surface area contributed by atoms with Gasteiger partial charge in [0.2, 0.25) is 0 Å². The summed E-state index contributed by atoms with van der Waals surface area (Å²) in [5.41, 5.74) is -1.77. The van der Waals surface area contributed by atoms with Crippen molar-refractivity contribution in [3.63, 3.8) is 0 Å². The molecule has 90 valence electrons. The Labute approximate surface area is 92.1 Å². The predicted octanol–water partition coefficient (Wildman–Crippen LogP) is 1.90. The van der Waals surface area contributed by atoms with E-state index in [0.717, 1.165) is 0 Å². The highest BCUT2D eigenvalue weighted by Crippen LogP contribution is 2.26. The SMILES string of the molecule is CNC(=O)ON=C(C(F)F)C(C)(C)CC#N. The van der Waals surface area contributed by atoms with Gasteiger partial charge in [-0.05, 0) is 0 Å². The third-order valence-electron chi connectivity index (χ3n) is 1.85. The molecule has 1 amide bonds. The first-order valence-corrected chi connectivity index (χ1v) is 4.47. The van der Waals surface area contributed by atoms with Crippen LogP contribution >= 0.6 is 0 Å². The Kier molecular flexibility index (Phi) is 5.36. The lowest BCUT2D eigenvalue weighted by molar-refractivity contribution is 0.144. The number of hydrogen-bond acceptors (Lipinski definition) is 4. The van der Waals surface area contributed by atoms with Crippen LogP contribution in [0, 0.1) is 16.7 Å². The van der Waals surface area contributed by atoms with E-state index >= 15 is 0 Å². The summed E-state index contributed by atoms with van der Waals surface area (Å²) in [5.74, 6) is 0. The van der Waals surface area contributed by atoms with Gasteiger partial charge in [0, 0.05) is 18.9 Å². The quantitative estimate of drug-likeness (QED) is 0.457. The molecule has 0 unspecified atom stereocenters. The zero-order valence-corrected chi connectivity index (χ0v) is 9.25. The number of oxime groups is 1. The van der Waals surface area contributed by atoms with Crippen LogP contribution in [0.4, 0.5) is 13.6 Å². The molecule has 0 saturated carbocycles. The van der Waals surface area contributed by atoms with E-state index in [-0.39, 0.29) is 6.42 Å². The van der Waals surface area contributed by atoms with Crippen LogP contribution in [0.3, 0.4) is 0 Å². The second kappa shape index (κ2) is 6.00. The average molecular weight is 233 g/mol. The van der Waals surface area contributed by atoms with Crippen molar-refractivity contribution in [3.8, 4) is 6.07 Å². The van der Waals surface area contributed by atoms with Crippen molar-refractivity contribution in [1.29, 1.82) is 5.26 Å². The van der Waals surface area contributed by atoms with Crippen LogP contribution in [-0.2, 0) is 4.84 Å². The molecule has 0 heterocycles. The molecule has 0 aromatic carbocycles. The molecule has 0 atom stereocenters. The molecule has 0 aliphatic heterocycles. The molecule has 0 aromatic heterocycles. The van der Waals surface area contributed by atoms with Gasteiger partial charge in [0.25, 0.3) is 6.43 Å². The lowest BCUT2D eigenvalue weighted by Crippen LogP contribution is -2.31. The number of carbonyl (C=O) groups excluding carboxylic acids is 1. The van der Waals surface area contributed by atoms with Crippen LogP contribution in [0.25, 0.3) is 0 Å². The van der Waals surface area contributed by atoms with E-state index < -0.39 is 23.6 Å². The molecule has 0 aliphatic rings. The monoisotopic (exact) mass is 233 g/mol. The van der Waals surface area contributed by atoms with E-state index in [1.807, 2.05) is 0 Å². The fourth-order valence-corrected chi connectivity index (χ4v) is 0.883. The van der Waals surface area contributed by atoms with Gasteiger partial charge in [-0.2, -0.15) is 5.26 Å². The minimum absolute atomic E-state index is 0.146. The highest BCUT2D eigenvalue weighted by molar-refractivity contribution is 5.92. The molecule has 5 nitrogen and oxygen atoms in total. The first kappa shape index (κ1) is 14.3. The first-order valence-electron chi connectivity index (χ1n) is 4.47. The van der Waals surface area contributed by atoms with E-state index in [1.165, 1.54) is 20.9 Å². The van der Waals surface area contributed by atoms with Gasteiger partial charge < -0.3 is 5.32 Å². The van der Waals surface area contributed by atoms with Crippen molar-refractivity contribution >= 4 is 11.8 Å². The second-order valence-electron chi connectivity index (χ2n) is 3.62. The van der Waals surface area contributed by atoms with Gasteiger partial charge in [-0.15, -0.1) is 0 Å². The summed E-state index contributed by atoms with van der Waals surface area (Å²) in [5, 5.41) is 13.6. The third kappa shape index (κ3) is 4.21. The van der Waals surface area contributed by atoms with Gasteiger partial charge in [-0.1, -0.05) is 19.0 Å². The minimum atomic E-state index is -2.88. The molecule has 0 radical (unpaired) electrons. The van der Waals surface area contributed by atoms with Crippen LogP contribution in [0.1, 0.15) is 20.3 Å². The van der Waals surface area contributed by atoms with Crippen molar-refractivity contribution in [1.82, 2.24) is 5.32 Å². The molecular formula is C9H13F2N3O2. The third-order valence-corrected chi connectivity index (χ3v) is 1.85. The normalized spacial score (nSPS) is 12.2. The smallest absolute Gasteiger partial charge is 0.323 e. The van der Waals surface area contributed by atoms with E-state index in [4.69, 9.17) is 5.26 Å². The molecule has 0 rings (SSSR count). The van der Waals surface area contributed by atoms with Crippen LogP contribution in [-0.4, -0.2) is 25.3 Å². The molecule has 1 N–H and O–H groups in total. The van der Waals surface area contributed by atoms with Crippen molar-refractivity contribution in [2.75, 3.05) is 7.05 Å².